The lowest BCUT2D eigenvalue weighted by Crippen LogP contribution is -1.98. The van der Waals surface area contributed by atoms with Crippen molar-refractivity contribution in [2.45, 2.75) is 6.92 Å². The van der Waals surface area contributed by atoms with Gasteiger partial charge in [-0.05, 0) is 36.4 Å². The van der Waals surface area contributed by atoms with Crippen LogP contribution in [0.4, 0.5) is 0 Å². The Morgan fingerprint density at radius 2 is 1.32 bits per heavy atom. The number of Topliss-reactive ketones (excluding diaryl/α,β-unsaturated/α-hetero) is 1. The number of ketones is 1. The Morgan fingerprint density at radius 3 is 1.93 bits per heavy atom. The zero-order valence-electron chi connectivity index (χ0n) is 15.5. The summed E-state index contributed by atoms with van der Waals surface area (Å²) in [7, 11) is 0. The first-order chi connectivity index (χ1) is 13.7. The fourth-order valence-electron chi connectivity index (χ4n) is 3.77. The van der Waals surface area contributed by atoms with Crippen LogP contribution in [0.5, 0.6) is 0 Å². The van der Waals surface area contributed by atoms with Crippen LogP contribution in [0.1, 0.15) is 17.4 Å². The summed E-state index contributed by atoms with van der Waals surface area (Å²) in [6, 6.07) is 30.8. The van der Waals surface area contributed by atoms with E-state index < -0.39 is 0 Å². The molecule has 0 radical (unpaired) electrons. The van der Waals surface area contributed by atoms with Gasteiger partial charge in [-0.15, -0.1) is 0 Å². The molecule has 2 heterocycles. The molecule has 0 amide bonds. The van der Waals surface area contributed by atoms with E-state index in [2.05, 4.69) is 82.3 Å². The van der Waals surface area contributed by atoms with E-state index in [4.69, 9.17) is 0 Å². The Morgan fingerprint density at radius 1 is 0.714 bits per heavy atom. The fraction of sp³-hybridized carbons (Fsp3) is 0.0400. The predicted molar refractivity (Wildman–Crippen MR) is 114 cm³/mol. The molecule has 0 spiro atoms. The molecule has 5 rings (SSSR count). The van der Waals surface area contributed by atoms with Crippen LogP contribution in [-0.4, -0.2) is 15.3 Å². The maximum atomic E-state index is 11.6. The minimum atomic E-state index is -0.0243. The van der Waals surface area contributed by atoms with Crippen molar-refractivity contribution in [1.82, 2.24) is 9.55 Å². The summed E-state index contributed by atoms with van der Waals surface area (Å²) in [4.78, 5) is 16.1. The molecular weight excluding hydrogens is 344 g/mol. The van der Waals surface area contributed by atoms with E-state index in [9.17, 15) is 4.79 Å². The number of benzene rings is 3. The number of hydrogen-bond acceptors (Lipinski definition) is 2. The summed E-state index contributed by atoms with van der Waals surface area (Å²) in [5.74, 6) is -0.0243. The minimum Gasteiger partial charge on any atom is -0.309 e. The second-order valence-corrected chi connectivity index (χ2v) is 6.88. The first-order valence-corrected chi connectivity index (χ1v) is 9.29. The summed E-state index contributed by atoms with van der Waals surface area (Å²) in [5.41, 5.74) is 5.77. The molecule has 28 heavy (non-hydrogen) atoms. The predicted octanol–water partition coefficient (Wildman–Crippen LogP) is 6.05. The first kappa shape index (κ1) is 16.5. The summed E-state index contributed by atoms with van der Waals surface area (Å²) in [6.45, 7) is 1.54. The van der Waals surface area contributed by atoms with Crippen molar-refractivity contribution in [1.29, 1.82) is 0 Å². The lowest BCUT2D eigenvalue weighted by Gasteiger charge is -2.09. The molecule has 3 heteroatoms. The van der Waals surface area contributed by atoms with Gasteiger partial charge in [0.2, 0.25) is 0 Å². The Kier molecular flexibility index (Phi) is 3.80. The van der Waals surface area contributed by atoms with Crippen molar-refractivity contribution in [3.63, 3.8) is 0 Å². The molecule has 0 atom stereocenters. The third-order valence-corrected chi connectivity index (χ3v) is 5.11. The van der Waals surface area contributed by atoms with Crippen LogP contribution < -0.4 is 0 Å². The average Bonchev–Trinajstić information content (AvgIpc) is 3.08. The maximum absolute atomic E-state index is 11.6. The van der Waals surface area contributed by atoms with Crippen LogP contribution in [0.15, 0.2) is 91.0 Å². The lowest BCUT2D eigenvalue weighted by molar-refractivity contribution is 0.101. The molecule has 0 saturated carbocycles. The van der Waals surface area contributed by atoms with Gasteiger partial charge in [0.15, 0.2) is 5.78 Å². The smallest absolute Gasteiger partial charge is 0.178 e. The number of carbonyl (C=O) groups excluding carboxylic acids is 1. The van der Waals surface area contributed by atoms with Crippen LogP contribution in [0, 0.1) is 0 Å². The molecule has 134 valence electrons. The normalized spacial score (nSPS) is 11.2. The third kappa shape index (κ3) is 2.60. The summed E-state index contributed by atoms with van der Waals surface area (Å²) in [6.07, 6.45) is 0. The van der Waals surface area contributed by atoms with Gasteiger partial charge in [-0.1, -0.05) is 54.6 Å². The highest BCUT2D eigenvalue weighted by molar-refractivity contribution is 6.09. The van der Waals surface area contributed by atoms with Crippen LogP contribution in [0.3, 0.4) is 0 Å². The molecule has 0 unspecified atom stereocenters. The first-order valence-electron chi connectivity index (χ1n) is 9.29. The Bertz CT molecular complexity index is 1280. The standard InChI is InChI=1S/C25H18N2O/c1-17(28)22-9-6-10-23(26-22)18-13-15-19(16-14-18)27-24-11-4-2-7-20(24)21-8-3-5-12-25(21)27/h2-16H,1H3. The zero-order valence-corrected chi connectivity index (χ0v) is 15.5. The van der Waals surface area contributed by atoms with E-state index in [1.807, 2.05) is 12.1 Å². The van der Waals surface area contributed by atoms with Crippen molar-refractivity contribution in [3.8, 4) is 16.9 Å². The molecule has 3 aromatic carbocycles. The highest BCUT2D eigenvalue weighted by Crippen LogP contribution is 2.32. The molecule has 2 aromatic heterocycles. The molecule has 3 nitrogen and oxygen atoms in total. The fourth-order valence-corrected chi connectivity index (χ4v) is 3.77. The molecule has 5 aromatic rings. The van der Waals surface area contributed by atoms with Crippen molar-refractivity contribution in [3.05, 3.63) is 96.7 Å². The van der Waals surface area contributed by atoms with Gasteiger partial charge in [-0.3, -0.25) is 4.79 Å². The van der Waals surface area contributed by atoms with Crippen LogP contribution >= 0.6 is 0 Å². The van der Waals surface area contributed by atoms with Gasteiger partial charge in [-0.2, -0.15) is 0 Å². The van der Waals surface area contributed by atoms with Crippen LogP contribution in [0.2, 0.25) is 0 Å². The summed E-state index contributed by atoms with van der Waals surface area (Å²) < 4.78 is 2.29. The van der Waals surface area contributed by atoms with Gasteiger partial charge < -0.3 is 4.57 Å². The SMILES string of the molecule is CC(=O)c1cccc(-c2ccc(-n3c4ccccc4c4ccccc43)cc2)n1. The van der Waals surface area contributed by atoms with E-state index >= 15 is 0 Å². The number of aromatic nitrogens is 2. The second-order valence-electron chi connectivity index (χ2n) is 6.88. The Labute approximate surface area is 162 Å². The van der Waals surface area contributed by atoms with Crippen molar-refractivity contribution < 1.29 is 4.79 Å². The summed E-state index contributed by atoms with van der Waals surface area (Å²) in [5, 5.41) is 2.50. The highest BCUT2D eigenvalue weighted by atomic mass is 16.1. The Balaban J connectivity index is 1.65. The Hall–Kier alpha value is -3.72. The zero-order chi connectivity index (χ0) is 19.1. The number of pyridine rings is 1. The van der Waals surface area contributed by atoms with Crippen LogP contribution in [-0.2, 0) is 0 Å². The van der Waals surface area contributed by atoms with Gasteiger partial charge in [-0.25, -0.2) is 4.98 Å². The van der Waals surface area contributed by atoms with Gasteiger partial charge in [0, 0.05) is 28.9 Å². The van der Waals surface area contributed by atoms with Gasteiger partial charge >= 0.3 is 0 Å². The third-order valence-electron chi connectivity index (χ3n) is 5.11. The van der Waals surface area contributed by atoms with E-state index in [-0.39, 0.29) is 5.78 Å². The number of carbonyl (C=O) groups is 1. The number of rotatable bonds is 3. The van der Waals surface area contributed by atoms with Crippen molar-refractivity contribution in [2.75, 3.05) is 0 Å². The number of fused-ring (bicyclic) bond motifs is 3. The average molecular weight is 362 g/mol. The quantitative estimate of drug-likeness (QED) is 0.366. The van der Waals surface area contributed by atoms with Gasteiger partial charge in [0.1, 0.15) is 5.69 Å². The molecular formula is C25H18N2O. The van der Waals surface area contributed by atoms with Crippen LogP contribution in [0.25, 0.3) is 38.8 Å². The van der Waals surface area contributed by atoms with Gasteiger partial charge in [0.25, 0.3) is 0 Å². The second kappa shape index (κ2) is 6.46. The maximum Gasteiger partial charge on any atom is 0.178 e. The lowest BCUT2D eigenvalue weighted by atomic mass is 10.1. The molecule has 0 fully saturated rings. The van der Waals surface area contributed by atoms with E-state index in [1.54, 1.807) is 6.07 Å². The number of para-hydroxylation sites is 2. The molecule has 0 bridgehead atoms. The highest BCUT2D eigenvalue weighted by Gasteiger charge is 2.11. The molecule has 0 aliphatic heterocycles. The molecule has 0 saturated heterocycles. The topological polar surface area (TPSA) is 34.9 Å². The molecule has 0 N–H and O–H groups in total. The number of nitrogens with zero attached hydrogens (tertiary/aromatic N) is 2. The van der Waals surface area contributed by atoms with E-state index in [1.165, 1.54) is 28.7 Å². The van der Waals surface area contributed by atoms with E-state index in [0.717, 1.165) is 16.9 Å². The number of hydrogen-bond donors (Lipinski definition) is 0. The van der Waals surface area contributed by atoms with Gasteiger partial charge in [0.05, 0.1) is 16.7 Å². The summed E-state index contributed by atoms with van der Waals surface area (Å²) >= 11 is 0. The monoisotopic (exact) mass is 362 g/mol. The van der Waals surface area contributed by atoms with Crippen molar-refractivity contribution >= 4 is 27.6 Å². The molecule has 0 aliphatic rings. The molecule has 0 aliphatic carbocycles. The largest absolute Gasteiger partial charge is 0.309 e. The van der Waals surface area contributed by atoms with Crippen molar-refractivity contribution in [2.24, 2.45) is 0 Å². The van der Waals surface area contributed by atoms with E-state index in [0.29, 0.717) is 5.69 Å². The minimum absolute atomic E-state index is 0.0243.